The summed E-state index contributed by atoms with van der Waals surface area (Å²) in [4.78, 5) is 35.4. The van der Waals surface area contributed by atoms with Gasteiger partial charge in [0.1, 0.15) is 15.7 Å². The number of carbonyl (C=O) groups excluding carboxylic acids is 3. The van der Waals surface area contributed by atoms with Crippen LogP contribution >= 0.6 is 34.3 Å². The van der Waals surface area contributed by atoms with Gasteiger partial charge < -0.3 is 15.8 Å². The number of nitrogens with two attached hydrogens (primary N) is 1. The van der Waals surface area contributed by atoms with Crippen LogP contribution in [0.3, 0.4) is 0 Å². The fraction of sp³-hybridized carbons (Fsp3) is 0.0625. The molecule has 0 aliphatic rings. The first-order valence-electron chi connectivity index (χ1n) is 7.08. The molecule has 0 saturated heterocycles. The number of anilines is 1. The van der Waals surface area contributed by atoms with E-state index in [1.165, 1.54) is 24.3 Å². The van der Waals surface area contributed by atoms with Crippen LogP contribution in [0, 0.1) is 5.82 Å². The zero-order valence-electron chi connectivity index (χ0n) is 12.9. The fourth-order valence-electron chi connectivity index (χ4n) is 2.13. The van der Waals surface area contributed by atoms with Crippen LogP contribution in [0.4, 0.5) is 9.39 Å². The van der Waals surface area contributed by atoms with Crippen LogP contribution in [0.25, 0.3) is 10.1 Å². The van der Waals surface area contributed by atoms with Crippen LogP contribution in [0.5, 0.6) is 0 Å². The average molecular weight is 413 g/mol. The van der Waals surface area contributed by atoms with Crippen molar-refractivity contribution in [3.8, 4) is 0 Å². The summed E-state index contributed by atoms with van der Waals surface area (Å²) in [6.45, 7) is -0.576. The molecule has 10 heteroatoms. The number of rotatable bonds is 5. The summed E-state index contributed by atoms with van der Waals surface area (Å²) in [7, 11) is 0. The maximum absolute atomic E-state index is 13.3. The third kappa shape index (κ3) is 3.69. The quantitative estimate of drug-likeness (QED) is 0.625. The summed E-state index contributed by atoms with van der Waals surface area (Å²) in [5.41, 5.74) is 5.36. The van der Waals surface area contributed by atoms with E-state index in [0.29, 0.717) is 10.1 Å². The van der Waals surface area contributed by atoms with Gasteiger partial charge in [0.05, 0.1) is 10.6 Å². The van der Waals surface area contributed by atoms with Crippen LogP contribution in [0.2, 0.25) is 5.02 Å². The molecule has 0 radical (unpaired) electrons. The first kappa shape index (κ1) is 18.3. The van der Waals surface area contributed by atoms with Crippen molar-refractivity contribution in [1.29, 1.82) is 0 Å². The Morgan fingerprint density at radius 1 is 1.27 bits per heavy atom. The van der Waals surface area contributed by atoms with Crippen molar-refractivity contribution in [2.24, 2.45) is 5.73 Å². The van der Waals surface area contributed by atoms with Gasteiger partial charge in [-0.25, -0.2) is 9.18 Å². The number of esters is 1. The van der Waals surface area contributed by atoms with E-state index in [4.69, 9.17) is 22.1 Å². The zero-order valence-corrected chi connectivity index (χ0v) is 15.3. The summed E-state index contributed by atoms with van der Waals surface area (Å²) >= 11 is 8.22. The Kier molecular flexibility index (Phi) is 5.21. The minimum atomic E-state index is -0.798. The normalized spacial score (nSPS) is 10.7. The molecule has 0 atom stereocenters. The van der Waals surface area contributed by atoms with Gasteiger partial charge >= 0.3 is 5.97 Å². The fourth-order valence-corrected chi connectivity index (χ4v) is 4.37. The number of thiophene rings is 2. The third-order valence-electron chi connectivity index (χ3n) is 3.29. The van der Waals surface area contributed by atoms with Gasteiger partial charge in [-0.05, 0) is 29.6 Å². The lowest BCUT2D eigenvalue weighted by Crippen LogP contribution is -2.22. The summed E-state index contributed by atoms with van der Waals surface area (Å²) < 4.78 is 18.7. The number of ether oxygens (including phenoxy) is 1. The van der Waals surface area contributed by atoms with E-state index in [2.05, 4.69) is 5.32 Å². The van der Waals surface area contributed by atoms with E-state index in [1.54, 1.807) is 5.38 Å². The lowest BCUT2D eigenvalue weighted by atomic mass is 10.2. The van der Waals surface area contributed by atoms with Crippen molar-refractivity contribution < 1.29 is 23.5 Å². The second-order valence-electron chi connectivity index (χ2n) is 5.04. The van der Waals surface area contributed by atoms with Crippen molar-refractivity contribution in [1.82, 2.24) is 0 Å². The Morgan fingerprint density at radius 3 is 2.77 bits per heavy atom. The third-order valence-corrected chi connectivity index (χ3v) is 5.76. The van der Waals surface area contributed by atoms with Gasteiger partial charge in [0.15, 0.2) is 6.61 Å². The minimum absolute atomic E-state index is 0.0778. The van der Waals surface area contributed by atoms with Crippen LogP contribution in [-0.4, -0.2) is 24.4 Å². The van der Waals surface area contributed by atoms with Gasteiger partial charge in [0.2, 0.25) is 0 Å². The molecule has 6 nitrogen and oxygen atoms in total. The van der Waals surface area contributed by atoms with Gasteiger partial charge in [-0.15, -0.1) is 22.7 Å². The molecule has 0 fully saturated rings. The van der Waals surface area contributed by atoms with Crippen LogP contribution < -0.4 is 11.1 Å². The number of amides is 2. The van der Waals surface area contributed by atoms with Gasteiger partial charge in [0.25, 0.3) is 11.8 Å². The molecule has 0 aliphatic carbocycles. The van der Waals surface area contributed by atoms with Crippen LogP contribution in [-0.2, 0) is 9.53 Å². The highest BCUT2D eigenvalue weighted by Gasteiger charge is 2.20. The molecule has 3 N–H and O–H groups in total. The molecule has 2 amide bonds. The molecule has 2 heterocycles. The predicted octanol–water partition coefficient (Wildman–Crippen LogP) is 3.65. The molecule has 2 aromatic heterocycles. The van der Waals surface area contributed by atoms with E-state index >= 15 is 0 Å². The number of benzene rings is 1. The molecule has 1 aromatic carbocycles. The number of primary amides is 1. The monoisotopic (exact) mass is 412 g/mol. The Bertz CT molecular complexity index is 1030. The molecule has 3 rings (SSSR count). The van der Waals surface area contributed by atoms with Gasteiger partial charge in [0, 0.05) is 10.1 Å². The van der Waals surface area contributed by atoms with E-state index in [0.717, 1.165) is 22.7 Å². The maximum Gasteiger partial charge on any atom is 0.350 e. The van der Waals surface area contributed by atoms with Gasteiger partial charge in [-0.1, -0.05) is 11.6 Å². The van der Waals surface area contributed by atoms with Crippen molar-refractivity contribution in [3.63, 3.8) is 0 Å². The second kappa shape index (κ2) is 7.40. The molecule has 3 aromatic rings. The molecule has 0 bridgehead atoms. The van der Waals surface area contributed by atoms with Crippen molar-refractivity contribution >= 4 is 67.1 Å². The minimum Gasteiger partial charge on any atom is -0.451 e. The molecule has 0 spiro atoms. The SMILES string of the molecule is NC(=O)c1ccsc1NC(=O)COC(=O)c1sc2cc(F)ccc2c1Cl. The molecular formula is C16H10ClFN2O4S2. The first-order chi connectivity index (χ1) is 12.4. The lowest BCUT2D eigenvalue weighted by molar-refractivity contribution is -0.119. The topological polar surface area (TPSA) is 98.5 Å². The molecule has 0 aliphatic heterocycles. The molecule has 0 saturated carbocycles. The Balaban J connectivity index is 1.67. The van der Waals surface area contributed by atoms with E-state index in [-0.39, 0.29) is 20.5 Å². The second-order valence-corrected chi connectivity index (χ2v) is 7.38. The van der Waals surface area contributed by atoms with E-state index in [9.17, 15) is 18.8 Å². The summed E-state index contributed by atoms with van der Waals surface area (Å²) in [5, 5.41) is 4.99. The Hall–Kier alpha value is -2.49. The predicted molar refractivity (Wildman–Crippen MR) is 98.5 cm³/mol. The highest BCUT2D eigenvalue weighted by Crippen LogP contribution is 2.36. The van der Waals surface area contributed by atoms with Gasteiger partial charge in [-0.3, -0.25) is 9.59 Å². The summed E-state index contributed by atoms with van der Waals surface area (Å²) in [6, 6.07) is 5.44. The Labute approximate surface area is 159 Å². The smallest absolute Gasteiger partial charge is 0.350 e. The number of hydrogen-bond donors (Lipinski definition) is 2. The molecule has 0 unspecified atom stereocenters. The standard InChI is InChI=1S/C16H10ClFN2O4S2/c17-12-8-2-1-7(18)5-10(8)26-13(12)16(23)24-6-11(21)20-15-9(14(19)22)3-4-25-15/h1-5H,6H2,(H2,19,22)(H,20,21). The number of fused-ring (bicyclic) bond motifs is 1. The van der Waals surface area contributed by atoms with E-state index < -0.39 is 30.2 Å². The largest absolute Gasteiger partial charge is 0.451 e. The number of hydrogen-bond acceptors (Lipinski definition) is 6. The van der Waals surface area contributed by atoms with Crippen molar-refractivity contribution in [2.75, 3.05) is 11.9 Å². The van der Waals surface area contributed by atoms with Crippen molar-refractivity contribution in [3.05, 3.63) is 50.9 Å². The zero-order chi connectivity index (χ0) is 18.8. The number of carbonyl (C=O) groups is 3. The van der Waals surface area contributed by atoms with Crippen molar-refractivity contribution in [2.45, 2.75) is 0 Å². The molecular weight excluding hydrogens is 403 g/mol. The van der Waals surface area contributed by atoms with Crippen LogP contribution in [0.1, 0.15) is 20.0 Å². The first-order valence-corrected chi connectivity index (χ1v) is 9.16. The number of halogens is 2. The van der Waals surface area contributed by atoms with E-state index in [1.807, 2.05) is 0 Å². The Morgan fingerprint density at radius 2 is 2.04 bits per heavy atom. The summed E-state index contributed by atoms with van der Waals surface area (Å²) in [6.07, 6.45) is 0. The van der Waals surface area contributed by atoms with Crippen LogP contribution in [0.15, 0.2) is 29.6 Å². The van der Waals surface area contributed by atoms with Gasteiger partial charge in [-0.2, -0.15) is 0 Å². The molecule has 26 heavy (non-hydrogen) atoms. The lowest BCUT2D eigenvalue weighted by Gasteiger charge is -2.05. The highest BCUT2D eigenvalue weighted by atomic mass is 35.5. The average Bonchev–Trinajstić information content (AvgIpc) is 3.17. The maximum atomic E-state index is 13.3. The summed E-state index contributed by atoms with van der Waals surface area (Å²) in [5.74, 6) is -2.56. The number of nitrogens with one attached hydrogen (secondary N) is 1. The highest BCUT2D eigenvalue weighted by molar-refractivity contribution is 7.21. The molecule has 134 valence electrons.